The minimum atomic E-state index is -0.861. The molecule has 1 aliphatic rings. The molecule has 2 N–H and O–H groups in total. The standard InChI is InChI=1S/C24H32N2O4/c1-20-8-10-22(11-9-20)30-19-24(28)12-5-15-26(16-13-24)18-23(27)25-14-17-29-21-6-3-2-4-7-21/h2-4,6-11,28H,5,12-19H2,1H3,(H,25,27)/t24-/m0/s1. The fourth-order valence-corrected chi connectivity index (χ4v) is 3.52. The van der Waals surface area contributed by atoms with Crippen molar-refractivity contribution in [3.8, 4) is 11.5 Å². The summed E-state index contributed by atoms with van der Waals surface area (Å²) in [6.07, 6.45) is 2.09. The fourth-order valence-electron chi connectivity index (χ4n) is 3.52. The van der Waals surface area contributed by atoms with Gasteiger partial charge in [-0.15, -0.1) is 0 Å². The lowest BCUT2D eigenvalue weighted by atomic mass is 9.96. The molecule has 0 aromatic heterocycles. The van der Waals surface area contributed by atoms with Crippen LogP contribution in [0.5, 0.6) is 11.5 Å². The Labute approximate surface area is 178 Å². The van der Waals surface area contributed by atoms with Crippen molar-refractivity contribution in [3.63, 3.8) is 0 Å². The lowest BCUT2D eigenvalue weighted by molar-refractivity contribution is -0.122. The first-order chi connectivity index (χ1) is 14.5. The van der Waals surface area contributed by atoms with Gasteiger partial charge >= 0.3 is 0 Å². The van der Waals surface area contributed by atoms with E-state index in [1.807, 2.05) is 61.5 Å². The Morgan fingerprint density at radius 2 is 1.77 bits per heavy atom. The highest BCUT2D eigenvalue weighted by molar-refractivity contribution is 5.78. The minimum Gasteiger partial charge on any atom is -0.492 e. The SMILES string of the molecule is Cc1ccc(OC[C@]2(O)CCCN(CC(=O)NCCOc3ccccc3)CC2)cc1. The number of nitrogens with zero attached hydrogens (tertiary/aromatic N) is 1. The lowest BCUT2D eigenvalue weighted by Gasteiger charge is -2.27. The molecule has 1 atom stereocenters. The quantitative estimate of drug-likeness (QED) is 0.620. The highest BCUT2D eigenvalue weighted by atomic mass is 16.5. The zero-order valence-corrected chi connectivity index (χ0v) is 17.7. The number of ether oxygens (including phenoxy) is 2. The van der Waals surface area contributed by atoms with Crippen molar-refractivity contribution in [3.05, 3.63) is 60.2 Å². The van der Waals surface area contributed by atoms with Crippen LogP contribution in [0.1, 0.15) is 24.8 Å². The molecule has 30 heavy (non-hydrogen) atoms. The monoisotopic (exact) mass is 412 g/mol. The van der Waals surface area contributed by atoms with E-state index in [-0.39, 0.29) is 12.5 Å². The van der Waals surface area contributed by atoms with E-state index >= 15 is 0 Å². The summed E-state index contributed by atoms with van der Waals surface area (Å²) in [4.78, 5) is 14.3. The van der Waals surface area contributed by atoms with Gasteiger partial charge in [0.15, 0.2) is 0 Å². The molecule has 0 spiro atoms. The van der Waals surface area contributed by atoms with Crippen LogP contribution in [0.4, 0.5) is 0 Å². The van der Waals surface area contributed by atoms with Crippen molar-refractivity contribution < 1.29 is 19.4 Å². The van der Waals surface area contributed by atoms with Crippen LogP contribution in [0.3, 0.4) is 0 Å². The van der Waals surface area contributed by atoms with Gasteiger partial charge in [-0.2, -0.15) is 0 Å². The van der Waals surface area contributed by atoms with Gasteiger partial charge in [-0.25, -0.2) is 0 Å². The Morgan fingerprint density at radius 3 is 2.53 bits per heavy atom. The van der Waals surface area contributed by atoms with Gasteiger partial charge in [0.05, 0.1) is 18.7 Å². The summed E-state index contributed by atoms with van der Waals surface area (Å²) in [5.74, 6) is 1.55. The molecule has 2 aromatic carbocycles. The third kappa shape index (κ3) is 7.35. The fraction of sp³-hybridized carbons (Fsp3) is 0.458. The Morgan fingerprint density at radius 1 is 1.03 bits per heavy atom. The predicted octanol–water partition coefficient (Wildman–Crippen LogP) is 2.79. The van der Waals surface area contributed by atoms with Crippen molar-refractivity contribution in [2.75, 3.05) is 39.4 Å². The molecular formula is C24H32N2O4. The van der Waals surface area contributed by atoms with Crippen LogP contribution in [-0.2, 0) is 4.79 Å². The second-order valence-electron chi connectivity index (χ2n) is 7.97. The minimum absolute atomic E-state index is 0.0204. The van der Waals surface area contributed by atoms with E-state index in [1.54, 1.807) is 0 Å². The van der Waals surface area contributed by atoms with Crippen molar-refractivity contribution in [1.82, 2.24) is 10.2 Å². The van der Waals surface area contributed by atoms with E-state index in [0.29, 0.717) is 39.1 Å². The molecular weight excluding hydrogens is 380 g/mol. The van der Waals surface area contributed by atoms with Gasteiger partial charge in [0.2, 0.25) is 5.91 Å². The summed E-state index contributed by atoms with van der Waals surface area (Å²) in [5, 5.41) is 13.8. The Bertz CT molecular complexity index is 782. The maximum Gasteiger partial charge on any atom is 0.234 e. The first-order valence-corrected chi connectivity index (χ1v) is 10.6. The maximum absolute atomic E-state index is 12.2. The van der Waals surface area contributed by atoms with Crippen LogP contribution >= 0.6 is 0 Å². The molecule has 1 saturated heterocycles. The zero-order chi connectivity index (χ0) is 21.2. The van der Waals surface area contributed by atoms with Gasteiger partial charge in [-0.05, 0) is 57.0 Å². The predicted molar refractivity (Wildman–Crippen MR) is 117 cm³/mol. The number of nitrogens with one attached hydrogen (secondary N) is 1. The number of aryl methyl sites for hydroxylation is 1. The van der Waals surface area contributed by atoms with Gasteiger partial charge < -0.3 is 19.9 Å². The Kier molecular flexibility index (Phi) is 8.11. The second-order valence-corrected chi connectivity index (χ2v) is 7.97. The van der Waals surface area contributed by atoms with Crippen LogP contribution in [0, 0.1) is 6.92 Å². The topological polar surface area (TPSA) is 71.0 Å². The van der Waals surface area contributed by atoms with Crippen molar-refractivity contribution in [2.45, 2.75) is 31.8 Å². The van der Waals surface area contributed by atoms with E-state index in [0.717, 1.165) is 24.5 Å². The van der Waals surface area contributed by atoms with Gasteiger partial charge in [0, 0.05) is 6.54 Å². The van der Waals surface area contributed by atoms with E-state index in [1.165, 1.54) is 5.56 Å². The third-order valence-corrected chi connectivity index (χ3v) is 5.34. The van der Waals surface area contributed by atoms with Crippen LogP contribution in [0.25, 0.3) is 0 Å². The Balaban J connectivity index is 1.35. The largest absolute Gasteiger partial charge is 0.492 e. The van der Waals surface area contributed by atoms with Crippen LogP contribution in [0.15, 0.2) is 54.6 Å². The molecule has 0 bridgehead atoms. The number of hydrogen-bond acceptors (Lipinski definition) is 5. The van der Waals surface area contributed by atoms with Gasteiger partial charge in [0.25, 0.3) is 0 Å². The normalized spacial score (nSPS) is 19.7. The summed E-state index contributed by atoms with van der Waals surface area (Å²) >= 11 is 0. The van der Waals surface area contributed by atoms with Crippen molar-refractivity contribution in [1.29, 1.82) is 0 Å². The summed E-state index contributed by atoms with van der Waals surface area (Å²) in [7, 11) is 0. The molecule has 1 heterocycles. The van der Waals surface area contributed by atoms with E-state index in [9.17, 15) is 9.90 Å². The number of aliphatic hydroxyl groups is 1. The number of amides is 1. The molecule has 1 fully saturated rings. The first kappa shape index (κ1) is 22.1. The smallest absolute Gasteiger partial charge is 0.234 e. The second kappa shape index (κ2) is 11.0. The van der Waals surface area contributed by atoms with Crippen LogP contribution in [0.2, 0.25) is 0 Å². The highest BCUT2D eigenvalue weighted by Gasteiger charge is 2.31. The average Bonchev–Trinajstić information content (AvgIpc) is 2.93. The van der Waals surface area contributed by atoms with Crippen LogP contribution < -0.4 is 14.8 Å². The number of benzene rings is 2. The lowest BCUT2D eigenvalue weighted by Crippen LogP contribution is -2.40. The number of rotatable bonds is 9. The molecule has 6 nitrogen and oxygen atoms in total. The number of hydrogen-bond donors (Lipinski definition) is 2. The summed E-state index contributed by atoms with van der Waals surface area (Å²) in [6, 6.07) is 17.4. The highest BCUT2D eigenvalue weighted by Crippen LogP contribution is 2.24. The van der Waals surface area contributed by atoms with Crippen LogP contribution in [-0.4, -0.2) is 60.9 Å². The molecule has 1 aliphatic heterocycles. The molecule has 2 aromatic rings. The maximum atomic E-state index is 12.2. The van der Waals surface area contributed by atoms with E-state index in [4.69, 9.17) is 9.47 Å². The van der Waals surface area contributed by atoms with Gasteiger partial charge in [-0.3, -0.25) is 9.69 Å². The Hall–Kier alpha value is -2.57. The first-order valence-electron chi connectivity index (χ1n) is 10.6. The molecule has 6 heteroatoms. The third-order valence-electron chi connectivity index (χ3n) is 5.34. The molecule has 3 rings (SSSR count). The van der Waals surface area contributed by atoms with Crippen molar-refractivity contribution in [2.24, 2.45) is 0 Å². The van der Waals surface area contributed by atoms with Gasteiger partial charge in [0.1, 0.15) is 24.7 Å². The number of para-hydroxylation sites is 1. The number of carbonyl (C=O) groups is 1. The summed E-state index contributed by atoms with van der Waals surface area (Å²) in [5.41, 5.74) is 0.315. The number of likely N-dealkylation sites (tertiary alicyclic amines) is 1. The summed E-state index contributed by atoms with van der Waals surface area (Å²) in [6.45, 7) is 5.00. The van der Waals surface area contributed by atoms with Crippen molar-refractivity contribution >= 4 is 5.91 Å². The van der Waals surface area contributed by atoms with E-state index < -0.39 is 5.60 Å². The molecule has 1 amide bonds. The molecule has 0 aliphatic carbocycles. The molecule has 162 valence electrons. The average molecular weight is 413 g/mol. The van der Waals surface area contributed by atoms with Gasteiger partial charge in [-0.1, -0.05) is 35.9 Å². The van der Waals surface area contributed by atoms with E-state index in [2.05, 4.69) is 10.2 Å². The number of carbonyl (C=O) groups excluding carboxylic acids is 1. The summed E-state index contributed by atoms with van der Waals surface area (Å²) < 4.78 is 11.4. The molecule has 0 radical (unpaired) electrons. The zero-order valence-electron chi connectivity index (χ0n) is 17.7. The molecule has 0 unspecified atom stereocenters. The molecule has 0 saturated carbocycles.